The zero-order chi connectivity index (χ0) is 14.7. The molecule has 0 aliphatic heterocycles. The molecule has 0 saturated heterocycles. The summed E-state index contributed by atoms with van der Waals surface area (Å²) in [5.74, 6) is 0.376. The van der Waals surface area contributed by atoms with Gasteiger partial charge in [-0.3, -0.25) is 10.8 Å². The number of nitrogens with one attached hydrogen (secondary N) is 3. The second-order valence-electron chi connectivity index (χ2n) is 4.52. The summed E-state index contributed by atoms with van der Waals surface area (Å²) in [5, 5.41) is 19.0. The first-order chi connectivity index (χ1) is 9.54. The molecule has 22 heavy (non-hydrogen) atoms. The SMILES string of the molecule is COc1ccc2c(c1C(=N)N)CCCC2=NNC(=N)N.Cl.Cl. The number of nitrogens with zero attached hydrogens (tertiary/aromatic N) is 1. The lowest BCUT2D eigenvalue weighted by Gasteiger charge is -2.22. The molecule has 0 amide bonds. The lowest BCUT2D eigenvalue weighted by molar-refractivity contribution is 0.413. The van der Waals surface area contributed by atoms with E-state index in [1.54, 1.807) is 13.2 Å². The Hall–Kier alpha value is -1.99. The first-order valence-electron chi connectivity index (χ1n) is 6.25. The van der Waals surface area contributed by atoms with Crippen LogP contribution in [0.2, 0.25) is 0 Å². The number of halogens is 2. The zero-order valence-electron chi connectivity index (χ0n) is 12.1. The topological polar surface area (TPSA) is 133 Å². The van der Waals surface area contributed by atoms with Crippen molar-refractivity contribution in [3.05, 3.63) is 28.8 Å². The number of amidine groups is 1. The smallest absolute Gasteiger partial charge is 0.206 e. The number of fused-ring (bicyclic) bond motifs is 1. The van der Waals surface area contributed by atoms with E-state index in [4.69, 9.17) is 27.0 Å². The maximum absolute atomic E-state index is 7.74. The minimum Gasteiger partial charge on any atom is -0.496 e. The van der Waals surface area contributed by atoms with Crippen LogP contribution in [0, 0.1) is 10.8 Å². The third-order valence-electron chi connectivity index (χ3n) is 3.23. The number of hydrogen-bond donors (Lipinski definition) is 5. The molecule has 122 valence electrons. The fourth-order valence-electron chi connectivity index (χ4n) is 2.43. The van der Waals surface area contributed by atoms with Crippen molar-refractivity contribution in [2.45, 2.75) is 19.3 Å². The van der Waals surface area contributed by atoms with Crippen molar-refractivity contribution in [2.75, 3.05) is 7.11 Å². The average molecular weight is 347 g/mol. The Balaban J connectivity index is 0.00000220. The van der Waals surface area contributed by atoms with E-state index in [2.05, 4.69) is 10.5 Å². The van der Waals surface area contributed by atoms with Crippen molar-refractivity contribution in [1.82, 2.24) is 5.43 Å². The molecule has 9 heteroatoms. The molecule has 0 aromatic heterocycles. The van der Waals surface area contributed by atoms with E-state index in [-0.39, 0.29) is 36.6 Å². The summed E-state index contributed by atoms with van der Waals surface area (Å²) in [5.41, 5.74) is 16.7. The summed E-state index contributed by atoms with van der Waals surface area (Å²) in [6.07, 6.45) is 2.51. The van der Waals surface area contributed by atoms with Gasteiger partial charge in [-0.15, -0.1) is 24.8 Å². The van der Waals surface area contributed by atoms with Gasteiger partial charge in [0.05, 0.1) is 18.4 Å². The van der Waals surface area contributed by atoms with Crippen molar-refractivity contribution in [3.63, 3.8) is 0 Å². The molecule has 0 radical (unpaired) electrons. The van der Waals surface area contributed by atoms with Gasteiger partial charge in [-0.1, -0.05) is 0 Å². The van der Waals surface area contributed by atoms with Crippen LogP contribution in [0.1, 0.15) is 29.5 Å². The van der Waals surface area contributed by atoms with Crippen molar-refractivity contribution in [3.8, 4) is 5.75 Å². The number of guanidine groups is 1. The zero-order valence-corrected chi connectivity index (χ0v) is 13.7. The van der Waals surface area contributed by atoms with Crippen molar-refractivity contribution in [2.24, 2.45) is 16.6 Å². The second kappa shape index (κ2) is 8.45. The van der Waals surface area contributed by atoms with E-state index in [9.17, 15) is 0 Å². The van der Waals surface area contributed by atoms with E-state index < -0.39 is 0 Å². The number of ether oxygens (including phenoxy) is 1. The van der Waals surface area contributed by atoms with E-state index in [1.165, 1.54) is 0 Å². The number of benzene rings is 1. The van der Waals surface area contributed by atoms with Crippen LogP contribution in [0.3, 0.4) is 0 Å². The minimum atomic E-state index is -0.204. The van der Waals surface area contributed by atoms with Crippen molar-refractivity contribution < 1.29 is 4.74 Å². The molecule has 0 fully saturated rings. The predicted octanol–water partition coefficient (Wildman–Crippen LogP) is 1.35. The van der Waals surface area contributed by atoms with Gasteiger partial charge in [0.1, 0.15) is 11.6 Å². The van der Waals surface area contributed by atoms with Gasteiger partial charge in [-0.2, -0.15) is 5.10 Å². The van der Waals surface area contributed by atoms with Gasteiger partial charge in [-0.25, -0.2) is 5.43 Å². The Morgan fingerprint density at radius 2 is 1.91 bits per heavy atom. The van der Waals surface area contributed by atoms with E-state index >= 15 is 0 Å². The number of hydrazone groups is 1. The maximum atomic E-state index is 7.74. The summed E-state index contributed by atoms with van der Waals surface area (Å²) >= 11 is 0. The molecule has 0 bridgehead atoms. The first-order valence-corrected chi connectivity index (χ1v) is 6.25. The largest absolute Gasteiger partial charge is 0.496 e. The fourth-order valence-corrected chi connectivity index (χ4v) is 2.43. The predicted molar refractivity (Wildman–Crippen MR) is 93.0 cm³/mol. The summed E-state index contributed by atoms with van der Waals surface area (Å²) in [6, 6.07) is 3.69. The highest BCUT2D eigenvalue weighted by Crippen LogP contribution is 2.31. The Bertz CT molecular complexity index is 602. The molecule has 0 heterocycles. The molecule has 1 aliphatic rings. The molecule has 1 aromatic carbocycles. The Kier molecular flexibility index (Phi) is 7.69. The molecular formula is C13H20Cl2N6O. The van der Waals surface area contributed by atoms with E-state index in [0.29, 0.717) is 11.3 Å². The van der Waals surface area contributed by atoms with Crippen LogP contribution < -0.4 is 21.6 Å². The van der Waals surface area contributed by atoms with Crippen LogP contribution in [0.5, 0.6) is 5.75 Å². The highest BCUT2D eigenvalue weighted by molar-refractivity contribution is 6.08. The Morgan fingerprint density at radius 1 is 1.23 bits per heavy atom. The maximum Gasteiger partial charge on any atom is 0.206 e. The van der Waals surface area contributed by atoms with Gasteiger partial charge in [0.15, 0.2) is 0 Å². The molecule has 2 rings (SSSR count). The molecule has 0 unspecified atom stereocenters. The number of nitrogen functional groups attached to an aromatic ring is 1. The van der Waals surface area contributed by atoms with Gasteiger partial charge in [0.25, 0.3) is 0 Å². The molecule has 7 nitrogen and oxygen atoms in total. The molecule has 0 saturated carbocycles. The third kappa shape index (κ3) is 4.02. The van der Waals surface area contributed by atoms with Crippen LogP contribution >= 0.6 is 24.8 Å². The third-order valence-corrected chi connectivity index (χ3v) is 3.23. The lowest BCUT2D eigenvalue weighted by atomic mass is 9.86. The fraction of sp³-hybridized carbons (Fsp3) is 0.308. The van der Waals surface area contributed by atoms with Gasteiger partial charge >= 0.3 is 0 Å². The Labute approximate surface area is 141 Å². The van der Waals surface area contributed by atoms with Gasteiger partial charge in [0.2, 0.25) is 5.96 Å². The molecule has 0 spiro atoms. The summed E-state index contributed by atoms with van der Waals surface area (Å²) < 4.78 is 5.28. The van der Waals surface area contributed by atoms with Crippen LogP contribution in [0.25, 0.3) is 0 Å². The second-order valence-corrected chi connectivity index (χ2v) is 4.52. The Morgan fingerprint density at radius 3 is 2.45 bits per heavy atom. The number of hydrogen-bond acceptors (Lipinski definition) is 4. The standard InChI is InChI=1S/C13H18N6O.2ClH/c1-20-10-6-5-7-8(11(10)12(14)15)3-2-4-9(7)18-19-13(16)17;;/h5-6H,2-4H2,1H3,(H3,14,15)(H4,16,17,19);2*1H. The van der Waals surface area contributed by atoms with Gasteiger partial charge < -0.3 is 16.2 Å². The monoisotopic (exact) mass is 346 g/mol. The van der Waals surface area contributed by atoms with Crippen LogP contribution in [-0.2, 0) is 6.42 Å². The average Bonchev–Trinajstić information content (AvgIpc) is 2.43. The van der Waals surface area contributed by atoms with Crippen LogP contribution in [-0.4, -0.2) is 24.6 Å². The highest BCUT2D eigenvalue weighted by atomic mass is 35.5. The van der Waals surface area contributed by atoms with Crippen molar-refractivity contribution in [1.29, 1.82) is 10.8 Å². The molecule has 1 aliphatic carbocycles. The number of methoxy groups -OCH3 is 1. The van der Waals surface area contributed by atoms with Crippen LogP contribution in [0.15, 0.2) is 17.2 Å². The molecule has 1 aromatic rings. The number of nitrogens with two attached hydrogens (primary N) is 2. The van der Waals surface area contributed by atoms with E-state index in [0.717, 1.165) is 36.1 Å². The molecule has 7 N–H and O–H groups in total. The summed E-state index contributed by atoms with van der Waals surface area (Å²) in [4.78, 5) is 0. The van der Waals surface area contributed by atoms with Crippen molar-refractivity contribution >= 4 is 42.3 Å². The molecular weight excluding hydrogens is 327 g/mol. The minimum absolute atomic E-state index is 0. The quantitative estimate of drug-likeness (QED) is 0.320. The first kappa shape index (κ1) is 20.0. The summed E-state index contributed by atoms with van der Waals surface area (Å²) in [6.45, 7) is 0. The summed E-state index contributed by atoms with van der Waals surface area (Å²) in [7, 11) is 1.56. The lowest BCUT2D eigenvalue weighted by Crippen LogP contribution is -2.28. The van der Waals surface area contributed by atoms with Gasteiger partial charge in [0, 0.05) is 5.56 Å². The number of rotatable bonds is 3. The van der Waals surface area contributed by atoms with E-state index in [1.807, 2.05) is 6.07 Å². The van der Waals surface area contributed by atoms with Crippen LogP contribution in [0.4, 0.5) is 0 Å². The highest BCUT2D eigenvalue weighted by Gasteiger charge is 2.22. The van der Waals surface area contributed by atoms with Gasteiger partial charge in [-0.05, 0) is 37.0 Å². The molecule has 0 atom stereocenters. The normalized spacial score (nSPS) is 14.1.